The van der Waals surface area contributed by atoms with E-state index in [0.29, 0.717) is 53.2 Å². The molecule has 0 radical (unpaired) electrons. The topological polar surface area (TPSA) is 142 Å². The van der Waals surface area contributed by atoms with Crippen molar-refractivity contribution in [3.05, 3.63) is 58.9 Å². The number of amides is 1. The van der Waals surface area contributed by atoms with Gasteiger partial charge in [-0.1, -0.05) is 36.1 Å². The molecule has 2 N–H and O–H groups in total. The molecular weight excluding hydrogens is 563 g/mol. The van der Waals surface area contributed by atoms with Crippen LogP contribution in [0.3, 0.4) is 0 Å². The number of hydrogen-bond donors (Lipinski definition) is 2. The Morgan fingerprint density at radius 1 is 1.27 bits per heavy atom. The standard InChI is InChI=1S/C26H25FN4O7S2/c1-4-15-7-8-18(35-3)21(10-15)40(33,34)31-24-22-20(38-30-24)11-19(17-6-5-9-36-23(17)22)37-26-29-13-16(39-26)12-28-25(32)14(2)27/h7-8,10-11,13H,2,4-6,9,12H2,1,3H3,(H,28,32)(H,30,31). The van der Waals surface area contributed by atoms with Crippen LogP contribution in [-0.4, -0.2) is 38.2 Å². The lowest BCUT2D eigenvalue weighted by atomic mass is 10.0. The number of aromatic nitrogens is 2. The fraction of sp³-hybridized carbons (Fsp3) is 0.269. The van der Waals surface area contributed by atoms with E-state index in [1.807, 2.05) is 6.92 Å². The molecular formula is C26H25FN4O7S2. The van der Waals surface area contributed by atoms with Gasteiger partial charge in [0, 0.05) is 22.7 Å². The number of rotatable bonds is 10. The SMILES string of the molecule is C=C(F)C(=O)NCc1cnc(Oc2cc3onc(NS(=O)(=O)c4cc(CC)ccc4OC)c3c3c2CCCO3)s1. The number of halogens is 1. The molecule has 0 bridgehead atoms. The van der Waals surface area contributed by atoms with Crippen molar-refractivity contribution >= 4 is 44.1 Å². The minimum atomic E-state index is -4.10. The summed E-state index contributed by atoms with van der Waals surface area (Å²) in [5.41, 5.74) is 1.77. The van der Waals surface area contributed by atoms with E-state index in [2.05, 4.69) is 26.8 Å². The number of fused-ring (bicyclic) bond motifs is 3. The van der Waals surface area contributed by atoms with E-state index in [-0.39, 0.29) is 33.8 Å². The molecule has 11 nitrogen and oxygen atoms in total. The molecule has 0 saturated heterocycles. The summed E-state index contributed by atoms with van der Waals surface area (Å²) in [6, 6.07) is 6.57. The Bertz CT molecular complexity index is 1720. The number of anilines is 1. The monoisotopic (exact) mass is 588 g/mol. The lowest BCUT2D eigenvalue weighted by molar-refractivity contribution is -0.119. The third kappa shape index (κ3) is 5.45. The van der Waals surface area contributed by atoms with Gasteiger partial charge in [-0.2, -0.15) is 0 Å². The lowest BCUT2D eigenvalue weighted by Gasteiger charge is -2.20. The summed E-state index contributed by atoms with van der Waals surface area (Å²) in [5.74, 6) is -0.998. The predicted molar refractivity (Wildman–Crippen MR) is 145 cm³/mol. The highest BCUT2D eigenvalue weighted by Crippen LogP contribution is 2.45. The van der Waals surface area contributed by atoms with Gasteiger partial charge in [0.05, 0.1) is 20.3 Å². The second-order valence-electron chi connectivity index (χ2n) is 8.77. The van der Waals surface area contributed by atoms with Crippen molar-refractivity contribution in [1.82, 2.24) is 15.5 Å². The molecule has 0 saturated carbocycles. The molecule has 210 valence electrons. The van der Waals surface area contributed by atoms with Crippen molar-refractivity contribution in [1.29, 1.82) is 0 Å². The maximum atomic E-state index is 13.4. The van der Waals surface area contributed by atoms with Gasteiger partial charge in [0.2, 0.25) is 0 Å². The van der Waals surface area contributed by atoms with Gasteiger partial charge in [0.25, 0.3) is 21.1 Å². The van der Waals surface area contributed by atoms with Crippen LogP contribution in [0.1, 0.15) is 29.3 Å². The summed E-state index contributed by atoms with van der Waals surface area (Å²) < 4.78 is 65.0. The normalized spacial score (nSPS) is 12.9. The van der Waals surface area contributed by atoms with Crippen LogP contribution in [0.5, 0.6) is 22.4 Å². The smallest absolute Gasteiger partial charge is 0.279 e. The van der Waals surface area contributed by atoms with Crippen molar-refractivity contribution < 1.29 is 36.3 Å². The minimum absolute atomic E-state index is 0.0215. The minimum Gasteiger partial charge on any atom is -0.495 e. The van der Waals surface area contributed by atoms with Crippen LogP contribution >= 0.6 is 11.3 Å². The first-order valence-electron chi connectivity index (χ1n) is 12.2. The van der Waals surface area contributed by atoms with Crippen molar-refractivity contribution in [2.45, 2.75) is 37.6 Å². The Labute approximate surface area is 233 Å². The fourth-order valence-electron chi connectivity index (χ4n) is 4.18. The number of ether oxygens (including phenoxy) is 3. The number of hydrogen-bond acceptors (Lipinski definition) is 10. The third-order valence-corrected chi connectivity index (χ3v) is 8.39. The van der Waals surface area contributed by atoms with Gasteiger partial charge in [-0.05, 0) is 37.0 Å². The molecule has 40 heavy (non-hydrogen) atoms. The molecule has 2 aromatic carbocycles. The number of nitrogens with zero attached hydrogens (tertiary/aromatic N) is 2. The Hall–Kier alpha value is -4.17. The highest BCUT2D eigenvalue weighted by atomic mass is 32.2. The molecule has 3 heterocycles. The van der Waals surface area contributed by atoms with Crippen LogP contribution in [0.2, 0.25) is 0 Å². The second-order valence-corrected chi connectivity index (χ2v) is 11.5. The van der Waals surface area contributed by atoms with Gasteiger partial charge in [-0.15, -0.1) is 0 Å². The van der Waals surface area contributed by atoms with Gasteiger partial charge in [-0.3, -0.25) is 9.52 Å². The van der Waals surface area contributed by atoms with Crippen LogP contribution in [0.15, 0.2) is 52.3 Å². The van der Waals surface area contributed by atoms with Crippen LogP contribution < -0.4 is 24.2 Å². The van der Waals surface area contributed by atoms with Crippen molar-refractivity contribution in [3.8, 4) is 22.4 Å². The van der Waals surface area contributed by atoms with Gasteiger partial charge >= 0.3 is 0 Å². The zero-order valence-corrected chi connectivity index (χ0v) is 23.2. The molecule has 0 atom stereocenters. The van der Waals surface area contributed by atoms with Crippen LogP contribution in [0, 0.1) is 0 Å². The first-order chi connectivity index (χ1) is 19.2. The Kier molecular flexibility index (Phi) is 7.63. The van der Waals surface area contributed by atoms with Crippen LogP contribution in [0.25, 0.3) is 11.0 Å². The maximum Gasteiger partial charge on any atom is 0.279 e. The Morgan fingerprint density at radius 2 is 2.10 bits per heavy atom. The van der Waals surface area contributed by atoms with E-state index in [4.69, 9.17) is 18.7 Å². The molecule has 4 aromatic rings. The maximum absolute atomic E-state index is 13.4. The number of benzene rings is 2. The summed E-state index contributed by atoms with van der Waals surface area (Å²) >= 11 is 1.16. The van der Waals surface area contributed by atoms with Gasteiger partial charge in [-0.25, -0.2) is 17.8 Å². The quantitative estimate of drug-likeness (QED) is 0.248. The third-order valence-electron chi connectivity index (χ3n) is 6.15. The van der Waals surface area contributed by atoms with Crippen molar-refractivity contribution in [3.63, 3.8) is 0 Å². The predicted octanol–water partition coefficient (Wildman–Crippen LogP) is 4.87. The first kappa shape index (κ1) is 27.4. The number of methoxy groups -OCH3 is 1. The molecule has 0 unspecified atom stereocenters. The Morgan fingerprint density at radius 3 is 2.85 bits per heavy atom. The number of nitrogens with one attached hydrogen (secondary N) is 2. The Balaban J connectivity index is 1.46. The van der Waals surface area contributed by atoms with Crippen LogP contribution in [-0.2, 0) is 34.2 Å². The molecule has 2 aromatic heterocycles. The number of carbonyl (C=O) groups is 1. The summed E-state index contributed by atoms with van der Waals surface area (Å²) in [6.07, 6.45) is 3.46. The van der Waals surface area contributed by atoms with E-state index in [0.717, 1.165) is 16.9 Å². The highest BCUT2D eigenvalue weighted by Gasteiger charge is 2.29. The van der Waals surface area contributed by atoms with E-state index < -0.39 is 21.8 Å². The van der Waals surface area contributed by atoms with E-state index in [9.17, 15) is 17.6 Å². The molecule has 0 aliphatic carbocycles. The molecule has 5 rings (SSSR count). The first-order valence-corrected chi connectivity index (χ1v) is 14.5. The number of thiazole rings is 1. The largest absolute Gasteiger partial charge is 0.495 e. The lowest BCUT2D eigenvalue weighted by Crippen LogP contribution is -2.21. The zero-order chi connectivity index (χ0) is 28.4. The van der Waals surface area contributed by atoms with Crippen LogP contribution in [0.4, 0.5) is 10.2 Å². The molecule has 0 spiro atoms. The number of aryl methyl sites for hydroxylation is 1. The van der Waals surface area contributed by atoms with Gasteiger partial charge < -0.3 is 24.1 Å². The van der Waals surface area contributed by atoms with Crippen molar-refractivity contribution in [2.24, 2.45) is 0 Å². The number of sulfonamides is 1. The van der Waals surface area contributed by atoms with E-state index in [1.54, 1.807) is 24.3 Å². The highest BCUT2D eigenvalue weighted by molar-refractivity contribution is 7.92. The van der Waals surface area contributed by atoms with E-state index >= 15 is 0 Å². The number of carbonyl (C=O) groups excluding carboxylic acids is 1. The fourth-order valence-corrected chi connectivity index (χ4v) is 6.12. The molecule has 14 heteroatoms. The molecule has 1 aliphatic rings. The van der Waals surface area contributed by atoms with E-state index in [1.165, 1.54) is 13.3 Å². The molecule has 1 aliphatic heterocycles. The summed E-state index contributed by atoms with van der Waals surface area (Å²) in [7, 11) is -2.70. The zero-order valence-electron chi connectivity index (χ0n) is 21.6. The molecule has 0 fully saturated rings. The average molecular weight is 589 g/mol. The summed E-state index contributed by atoms with van der Waals surface area (Å²) in [4.78, 5) is 16.2. The van der Waals surface area contributed by atoms with Gasteiger partial charge in [0.1, 0.15) is 27.5 Å². The summed E-state index contributed by atoms with van der Waals surface area (Å²) in [6.45, 7) is 5.35. The second kappa shape index (κ2) is 11.1. The summed E-state index contributed by atoms with van der Waals surface area (Å²) in [5, 5.41) is 7.02. The average Bonchev–Trinajstić information content (AvgIpc) is 3.57. The molecule has 1 amide bonds. The van der Waals surface area contributed by atoms with Gasteiger partial charge in [0.15, 0.2) is 17.2 Å². The van der Waals surface area contributed by atoms with Crippen molar-refractivity contribution in [2.75, 3.05) is 18.4 Å².